The summed E-state index contributed by atoms with van der Waals surface area (Å²) in [7, 11) is 0. The molecule has 2 nitrogen and oxygen atoms in total. The molecule has 3 rings (SSSR count). The van der Waals surface area contributed by atoms with Crippen molar-refractivity contribution in [2.24, 2.45) is 5.92 Å². The highest BCUT2D eigenvalue weighted by Crippen LogP contribution is 2.36. The molecular formula is C21H27Cl2NO. The van der Waals surface area contributed by atoms with Crippen LogP contribution in [-0.4, -0.2) is 19.7 Å². The van der Waals surface area contributed by atoms with E-state index in [0.717, 1.165) is 25.4 Å². The maximum absolute atomic E-state index is 6.50. The summed E-state index contributed by atoms with van der Waals surface area (Å²) in [5, 5.41) is 4.11. The molecule has 1 heterocycles. The van der Waals surface area contributed by atoms with Gasteiger partial charge < -0.3 is 10.1 Å². The zero-order chi connectivity index (χ0) is 17.0. The summed E-state index contributed by atoms with van der Waals surface area (Å²) < 4.78 is 5.98. The van der Waals surface area contributed by atoms with E-state index in [4.69, 9.17) is 16.3 Å². The van der Waals surface area contributed by atoms with Crippen LogP contribution >= 0.6 is 24.0 Å². The number of ether oxygens (including phenoxy) is 1. The Hall–Kier alpha value is -1.22. The predicted octanol–water partition coefficient (Wildman–Crippen LogP) is 5.47. The molecule has 0 radical (unpaired) electrons. The molecule has 1 saturated heterocycles. The third kappa shape index (κ3) is 4.91. The van der Waals surface area contributed by atoms with E-state index in [-0.39, 0.29) is 17.8 Å². The van der Waals surface area contributed by atoms with Gasteiger partial charge in [-0.2, -0.15) is 0 Å². The van der Waals surface area contributed by atoms with Crippen LogP contribution in [0.4, 0.5) is 0 Å². The summed E-state index contributed by atoms with van der Waals surface area (Å²) in [6.07, 6.45) is 2.45. The van der Waals surface area contributed by atoms with Gasteiger partial charge in [0.2, 0.25) is 0 Å². The molecule has 1 atom stereocenters. The molecule has 1 unspecified atom stereocenters. The number of hydrogen-bond donors (Lipinski definition) is 1. The maximum Gasteiger partial charge on any atom is 0.137 e. The molecule has 25 heavy (non-hydrogen) atoms. The Morgan fingerprint density at radius 1 is 1.12 bits per heavy atom. The molecule has 0 bridgehead atoms. The van der Waals surface area contributed by atoms with E-state index in [1.54, 1.807) is 0 Å². The molecule has 0 aliphatic carbocycles. The summed E-state index contributed by atoms with van der Waals surface area (Å²) in [5.41, 5.74) is 2.39. The number of benzene rings is 2. The molecule has 4 heteroatoms. The van der Waals surface area contributed by atoms with Gasteiger partial charge in [-0.15, -0.1) is 12.4 Å². The zero-order valence-electron chi connectivity index (χ0n) is 14.9. The van der Waals surface area contributed by atoms with E-state index in [1.807, 2.05) is 18.2 Å². The van der Waals surface area contributed by atoms with Gasteiger partial charge in [0, 0.05) is 17.9 Å². The fourth-order valence-electron chi connectivity index (χ4n) is 3.30. The van der Waals surface area contributed by atoms with Gasteiger partial charge in [0.15, 0.2) is 0 Å². The fraction of sp³-hybridized carbons (Fsp3) is 0.429. The Morgan fingerprint density at radius 2 is 1.88 bits per heavy atom. The molecule has 0 spiro atoms. The van der Waals surface area contributed by atoms with E-state index >= 15 is 0 Å². The topological polar surface area (TPSA) is 21.3 Å². The van der Waals surface area contributed by atoms with Crippen molar-refractivity contribution in [1.82, 2.24) is 5.32 Å². The van der Waals surface area contributed by atoms with E-state index in [9.17, 15) is 0 Å². The van der Waals surface area contributed by atoms with Crippen LogP contribution in [0.2, 0.25) is 5.02 Å². The van der Waals surface area contributed by atoms with Crippen molar-refractivity contribution in [1.29, 1.82) is 0 Å². The summed E-state index contributed by atoms with van der Waals surface area (Å²) in [4.78, 5) is 0. The average molecular weight is 380 g/mol. The molecule has 1 aliphatic heterocycles. The lowest BCUT2D eigenvalue weighted by Gasteiger charge is -2.27. The van der Waals surface area contributed by atoms with Gasteiger partial charge in [-0.3, -0.25) is 0 Å². The minimum Gasteiger partial charge on any atom is -0.492 e. The minimum atomic E-state index is -0.0866. The molecular weight excluding hydrogens is 353 g/mol. The molecule has 1 N–H and O–H groups in total. The highest BCUT2D eigenvalue weighted by Gasteiger charge is 2.24. The zero-order valence-corrected chi connectivity index (χ0v) is 16.5. The number of rotatable bonds is 5. The van der Waals surface area contributed by atoms with Crippen LogP contribution < -0.4 is 10.1 Å². The van der Waals surface area contributed by atoms with Crippen LogP contribution in [-0.2, 0) is 5.41 Å². The molecule has 136 valence electrons. The first-order valence-corrected chi connectivity index (χ1v) is 9.14. The van der Waals surface area contributed by atoms with Gasteiger partial charge >= 0.3 is 0 Å². The largest absolute Gasteiger partial charge is 0.492 e. The monoisotopic (exact) mass is 379 g/mol. The second-order valence-electron chi connectivity index (χ2n) is 7.16. The lowest BCUT2D eigenvalue weighted by molar-refractivity contribution is 0.218. The molecule has 2 aromatic carbocycles. The Balaban J connectivity index is 0.00000225. The number of piperidine rings is 1. The number of nitrogens with one attached hydrogen (secondary N) is 1. The Labute approximate surface area is 162 Å². The van der Waals surface area contributed by atoms with Crippen molar-refractivity contribution < 1.29 is 4.74 Å². The first-order chi connectivity index (χ1) is 11.6. The minimum absolute atomic E-state index is 0. The van der Waals surface area contributed by atoms with Crippen molar-refractivity contribution >= 4 is 24.0 Å². The Morgan fingerprint density at radius 3 is 2.52 bits per heavy atom. The molecule has 1 aliphatic rings. The maximum atomic E-state index is 6.50. The first kappa shape index (κ1) is 20.1. The quantitative estimate of drug-likeness (QED) is 0.743. The first-order valence-electron chi connectivity index (χ1n) is 8.76. The van der Waals surface area contributed by atoms with Crippen LogP contribution in [0.5, 0.6) is 5.75 Å². The smallest absolute Gasteiger partial charge is 0.137 e. The van der Waals surface area contributed by atoms with Crippen molar-refractivity contribution in [2.45, 2.75) is 32.1 Å². The molecule has 0 aromatic heterocycles. The molecule has 0 amide bonds. The van der Waals surface area contributed by atoms with Crippen LogP contribution in [0.3, 0.4) is 0 Å². The summed E-state index contributed by atoms with van der Waals surface area (Å²) in [6, 6.07) is 16.7. The van der Waals surface area contributed by atoms with E-state index in [0.29, 0.717) is 10.9 Å². The van der Waals surface area contributed by atoms with Crippen LogP contribution in [0.25, 0.3) is 0 Å². The average Bonchev–Trinajstić information content (AvgIpc) is 2.62. The predicted molar refractivity (Wildman–Crippen MR) is 108 cm³/mol. The third-order valence-electron chi connectivity index (χ3n) is 5.02. The Kier molecular flexibility index (Phi) is 7.18. The van der Waals surface area contributed by atoms with Gasteiger partial charge in [0.1, 0.15) is 5.75 Å². The van der Waals surface area contributed by atoms with Gasteiger partial charge in [-0.1, -0.05) is 61.8 Å². The van der Waals surface area contributed by atoms with E-state index in [2.05, 4.69) is 49.5 Å². The second kappa shape index (κ2) is 8.93. The highest BCUT2D eigenvalue weighted by atomic mass is 35.5. The van der Waals surface area contributed by atoms with Crippen molar-refractivity contribution in [3.63, 3.8) is 0 Å². The standard InChI is InChI=1S/C21H26ClNO.ClH/c1-21(2,17-8-4-3-5-9-17)18-10-11-20(19(22)13-18)24-15-16-7-6-12-23-14-16;/h3-5,8-11,13,16,23H,6-7,12,14-15H2,1-2H3;1H. The van der Waals surface area contributed by atoms with Gasteiger partial charge in [-0.05, 0) is 42.6 Å². The van der Waals surface area contributed by atoms with Gasteiger partial charge in [0.05, 0.1) is 11.6 Å². The lowest BCUT2D eigenvalue weighted by Crippen LogP contribution is -2.33. The normalized spacial score (nSPS) is 17.6. The highest BCUT2D eigenvalue weighted by molar-refractivity contribution is 6.32. The van der Waals surface area contributed by atoms with Crippen molar-refractivity contribution in [3.8, 4) is 5.75 Å². The van der Waals surface area contributed by atoms with Gasteiger partial charge in [-0.25, -0.2) is 0 Å². The third-order valence-corrected chi connectivity index (χ3v) is 5.32. The molecule has 2 aromatic rings. The Bertz CT molecular complexity index is 667. The van der Waals surface area contributed by atoms with Crippen molar-refractivity contribution in [2.75, 3.05) is 19.7 Å². The molecule has 0 saturated carbocycles. The van der Waals surface area contributed by atoms with Gasteiger partial charge in [0.25, 0.3) is 0 Å². The molecule has 1 fully saturated rings. The van der Waals surface area contributed by atoms with Crippen molar-refractivity contribution in [3.05, 3.63) is 64.7 Å². The fourth-order valence-corrected chi connectivity index (χ4v) is 3.54. The van der Waals surface area contributed by atoms with Crippen LogP contribution in [0.15, 0.2) is 48.5 Å². The second-order valence-corrected chi connectivity index (χ2v) is 7.57. The van der Waals surface area contributed by atoms with E-state index in [1.165, 1.54) is 24.0 Å². The van der Waals surface area contributed by atoms with E-state index < -0.39 is 0 Å². The summed E-state index contributed by atoms with van der Waals surface area (Å²) in [5.74, 6) is 1.37. The van der Waals surface area contributed by atoms with Crippen LogP contribution in [0, 0.1) is 5.92 Å². The number of halogens is 2. The summed E-state index contributed by atoms with van der Waals surface area (Å²) >= 11 is 6.50. The summed E-state index contributed by atoms with van der Waals surface area (Å²) in [6.45, 7) is 7.34. The lowest BCUT2D eigenvalue weighted by atomic mass is 9.78. The SMILES string of the molecule is CC(C)(c1ccccc1)c1ccc(OCC2CCCNC2)c(Cl)c1.Cl. The number of hydrogen-bond acceptors (Lipinski definition) is 2. The van der Waals surface area contributed by atoms with Crippen LogP contribution in [0.1, 0.15) is 37.8 Å².